The molecule has 0 atom stereocenters. The number of ether oxygens (including phenoxy) is 1. The van der Waals surface area contributed by atoms with E-state index in [0.29, 0.717) is 22.5 Å². The second-order valence-corrected chi connectivity index (χ2v) is 5.88. The summed E-state index contributed by atoms with van der Waals surface area (Å²) < 4.78 is 5.06. The molecule has 1 aliphatic carbocycles. The Hall–Kier alpha value is -2.19. The second kappa shape index (κ2) is 8.44. The van der Waals surface area contributed by atoms with Gasteiger partial charge in [0, 0.05) is 17.9 Å². The summed E-state index contributed by atoms with van der Waals surface area (Å²) in [7, 11) is 1.52. The average molecular weight is 334 g/mol. The molecule has 5 nitrogen and oxygen atoms in total. The summed E-state index contributed by atoms with van der Waals surface area (Å²) in [4.78, 5) is 12.2. The van der Waals surface area contributed by atoms with E-state index in [4.69, 9.17) is 16.3 Å². The summed E-state index contributed by atoms with van der Waals surface area (Å²) in [5, 5.41) is 15.4. The number of benzene rings is 1. The Labute approximate surface area is 141 Å². The Balaban J connectivity index is 1.99. The zero-order valence-corrected chi connectivity index (χ0v) is 13.8. The molecule has 1 aliphatic rings. The summed E-state index contributed by atoms with van der Waals surface area (Å²) >= 11 is 6.02. The highest BCUT2D eigenvalue weighted by Gasteiger charge is 2.14. The maximum absolute atomic E-state index is 12.2. The quantitative estimate of drug-likeness (QED) is 0.637. The smallest absolute Gasteiger partial charge is 0.267 e. The Morgan fingerprint density at radius 2 is 2.13 bits per heavy atom. The van der Waals surface area contributed by atoms with Crippen LogP contribution in [0.2, 0.25) is 5.02 Å². The highest BCUT2D eigenvalue weighted by molar-refractivity contribution is 6.32. The molecule has 0 saturated heterocycles. The van der Waals surface area contributed by atoms with Gasteiger partial charge in [-0.25, -0.2) is 0 Å². The SMILES string of the molecule is COc1ccc(NC(=O)/C(C#N)=C\NC2CCCCC2)cc1Cl. The van der Waals surface area contributed by atoms with Crippen molar-refractivity contribution in [2.45, 2.75) is 38.1 Å². The molecule has 0 heterocycles. The fourth-order valence-corrected chi connectivity index (χ4v) is 2.82. The molecule has 0 bridgehead atoms. The maximum Gasteiger partial charge on any atom is 0.267 e. The first-order valence-corrected chi connectivity index (χ1v) is 8.03. The van der Waals surface area contributed by atoms with Gasteiger partial charge in [-0.15, -0.1) is 0 Å². The lowest BCUT2D eigenvalue weighted by Crippen LogP contribution is -2.28. The molecule has 1 fully saturated rings. The highest BCUT2D eigenvalue weighted by Crippen LogP contribution is 2.27. The third-order valence-corrected chi connectivity index (χ3v) is 4.14. The van der Waals surface area contributed by atoms with E-state index < -0.39 is 5.91 Å². The number of rotatable bonds is 5. The molecule has 122 valence electrons. The van der Waals surface area contributed by atoms with E-state index >= 15 is 0 Å². The lowest BCUT2D eigenvalue weighted by molar-refractivity contribution is -0.112. The first-order valence-electron chi connectivity index (χ1n) is 7.65. The van der Waals surface area contributed by atoms with Crippen molar-refractivity contribution in [2.24, 2.45) is 0 Å². The predicted octanol–water partition coefficient (Wildman–Crippen LogP) is 3.62. The van der Waals surface area contributed by atoms with Crippen LogP contribution < -0.4 is 15.4 Å². The van der Waals surface area contributed by atoms with Crippen molar-refractivity contribution >= 4 is 23.2 Å². The number of amides is 1. The number of halogens is 1. The number of carbonyl (C=O) groups excluding carboxylic acids is 1. The largest absolute Gasteiger partial charge is 0.495 e. The lowest BCUT2D eigenvalue weighted by Gasteiger charge is -2.21. The van der Waals surface area contributed by atoms with E-state index in [1.165, 1.54) is 32.6 Å². The van der Waals surface area contributed by atoms with E-state index in [1.807, 2.05) is 6.07 Å². The van der Waals surface area contributed by atoms with Crippen LogP contribution in [0.3, 0.4) is 0 Å². The molecule has 1 aromatic rings. The third kappa shape index (κ3) is 4.90. The first kappa shape index (κ1) is 17.2. The van der Waals surface area contributed by atoms with Crippen LogP contribution in [-0.4, -0.2) is 19.1 Å². The van der Waals surface area contributed by atoms with E-state index in [-0.39, 0.29) is 5.57 Å². The van der Waals surface area contributed by atoms with Crippen LogP contribution in [0.25, 0.3) is 0 Å². The van der Waals surface area contributed by atoms with E-state index in [2.05, 4.69) is 10.6 Å². The Bertz CT molecular complexity index is 631. The molecule has 1 saturated carbocycles. The van der Waals surface area contributed by atoms with Crippen LogP contribution in [0, 0.1) is 11.3 Å². The summed E-state index contributed by atoms with van der Waals surface area (Å²) in [5.41, 5.74) is 0.558. The van der Waals surface area contributed by atoms with E-state index in [1.54, 1.807) is 18.2 Å². The minimum absolute atomic E-state index is 0.0440. The molecule has 0 aromatic heterocycles. The average Bonchev–Trinajstić information content (AvgIpc) is 2.56. The van der Waals surface area contributed by atoms with Crippen LogP contribution in [-0.2, 0) is 4.79 Å². The third-order valence-electron chi connectivity index (χ3n) is 3.84. The molecule has 1 amide bonds. The van der Waals surface area contributed by atoms with Crippen molar-refractivity contribution < 1.29 is 9.53 Å². The number of carbonyl (C=O) groups is 1. The van der Waals surface area contributed by atoms with E-state index in [9.17, 15) is 10.1 Å². The van der Waals surface area contributed by atoms with Gasteiger partial charge in [0.15, 0.2) is 0 Å². The first-order chi connectivity index (χ1) is 11.1. The fourth-order valence-electron chi connectivity index (χ4n) is 2.56. The molecular formula is C17H20ClN3O2. The molecule has 0 radical (unpaired) electrons. The van der Waals surface area contributed by atoms with Gasteiger partial charge in [0.05, 0.1) is 12.1 Å². The summed E-state index contributed by atoms with van der Waals surface area (Å²) in [6.45, 7) is 0. The van der Waals surface area contributed by atoms with Gasteiger partial charge >= 0.3 is 0 Å². The minimum atomic E-state index is -0.461. The van der Waals surface area contributed by atoms with Gasteiger partial charge in [-0.2, -0.15) is 5.26 Å². The van der Waals surface area contributed by atoms with Gasteiger partial charge < -0.3 is 15.4 Å². The number of nitrogens with zero attached hydrogens (tertiary/aromatic N) is 1. The topological polar surface area (TPSA) is 74.1 Å². The Morgan fingerprint density at radius 1 is 1.39 bits per heavy atom. The highest BCUT2D eigenvalue weighted by atomic mass is 35.5. The van der Waals surface area contributed by atoms with Crippen LogP contribution in [0.4, 0.5) is 5.69 Å². The normalized spacial score (nSPS) is 15.6. The van der Waals surface area contributed by atoms with Crippen molar-refractivity contribution in [1.29, 1.82) is 5.26 Å². The molecule has 0 spiro atoms. The molecular weight excluding hydrogens is 314 g/mol. The summed E-state index contributed by atoms with van der Waals surface area (Å²) in [6.07, 6.45) is 7.28. The van der Waals surface area contributed by atoms with Crippen LogP contribution in [0.1, 0.15) is 32.1 Å². The summed E-state index contributed by atoms with van der Waals surface area (Å²) in [5.74, 6) is 0.0664. The number of nitriles is 1. The fraction of sp³-hybridized carbons (Fsp3) is 0.412. The maximum atomic E-state index is 12.2. The van der Waals surface area contributed by atoms with Gasteiger partial charge in [0.25, 0.3) is 5.91 Å². The number of hydrogen-bond donors (Lipinski definition) is 2. The summed E-state index contributed by atoms with van der Waals surface area (Å²) in [6, 6.07) is 7.19. The molecule has 23 heavy (non-hydrogen) atoms. The van der Waals surface area contributed by atoms with Crippen molar-refractivity contribution in [3.63, 3.8) is 0 Å². The van der Waals surface area contributed by atoms with Crippen molar-refractivity contribution in [2.75, 3.05) is 12.4 Å². The zero-order chi connectivity index (χ0) is 16.7. The number of methoxy groups -OCH3 is 1. The molecule has 0 unspecified atom stereocenters. The van der Waals surface area contributed by atoms with Gasteiger partial charge in [0.1, 0.15) is 17.4 Å². The standard InChI is InChI=1S/C17H20ClN3O2/c1-23-16-8-7-14(9-15(16)18)21-17(22)12(10-19)11-20-13-5-3-2-4-6-13/h7-9,11,13,20H,2-6H2,1H3,(H,21,22)/b12-11-. The number of anilines is 1. The van der Waals surface area contributed by atoms with Crippen LogP contribution in [0.5, 0.6) is 5.75 Å². The number of hydrogen-bond acceptors (Lipinski definition) is 4. The predicted molar refractivity (Wildman–Crippen MR) is 90.3 cm³/mol. The number of nitrogens with one attached hydrogen (secondary N) is 2. The molecule has 6 heteroatoms. The van der Waals surface area contributed by atoms with Crippen molar-refractivity contribution in [3.05, 3.63) is 35.0 Å². The van der Waals surface area contributed by atoms with Crippen LogP contribution in [0.15, 0.2) is 30.0 Å². The monoisotopic (exact) mass is 333 g/mol. The molecule has 0 aliphatic heterocycles. The molecule has 2 rings (SSSR count). The Morgan fingerprint density at radius 3 is 2.74 bits per heavy atom. The zero-order valence-electron chi connectivity index (χ0n) is 13.1. The van der Waals surface area contributed by atoms with Crippen molar-refractivity contribution in [3.8, 4) is 11.8 Å². The van der Waals surface area contributed by atoms with Gasteiger partial charge in [-0.3, -0.25) is 4.79 Å². The molecule has 1 aromatic carbocycles. The van der Waals surface area contributed by atoms with Crippen LogP contribution >= 0.6 is 11.6 Å². The minimum Gasteiger partial charge on any atom is -0.495 e. The van der Waals surface area contributed by atoms with Gasteiger partial charge in [0.2, 0.25) is 0 Å². The second-order valence-electron chi connectivity index (χ2n) is 5.47. The molecule has 2 N–H and O–H groups in total. The van der Waals surface area contributed by atoms with Gasteiger partial charge in [-0.1, -0.05) is 30.9 Å². The lowest BCUT2D eigenvalue weighted by atomic mass is 9.96. The van der Waals surface area contributed by atoms with Gasteiger partial charge in [-0.05, 0) is 31.0 Å². The van der Waals surface area contributed by atoms with E-state index in [0.717, 1.165) is 12.8 Å². The Kier molecular flexibility index (Phi) is 6.30. The van der Waals surface area contributed by atoms with Crippen molar-refractivity contribution in [1.82, 2.24) is 5.32 Å².